The van der Waals surface area contributed by atoms with Crippen molar-refractivity contribution in [3.63, 3.8) is 0 Å². The van der Waals surface area contributed by atoms with Gasteiger partial charge < -0.3 is 23.9 Å². The van der Waals surface area contributed by atoms with Crippen LogP contribution in [0.1, 0.15) is 32.2 Å². The number of hydrogen-bond donors (Lipinski definition) is 0. The Balaban J connectivity index is 1.25. The molecule has 0 saturated carbocycles. The van der Waals surface area contributed by atoms with Crippen LogP contribution < -0.4 is 0 Å². The summed E-state index contributed by atoms with van der Waals surface area (Å²) < 4.78 is 10.7. The molecule has 3 aromatic rings. The predicted molar refractivity (Wildman–Crippen MR) is 123 cm³/mol. The standard InChI is InChI=1S/C25H26N4O5/c1-27-9-8-20-18(15-27)23(17-5-2-3-6-19(17)26-20)25(32)34-16-22(30)28-10-12-29(13-11-28)24(31)21-7-4-14-33-21/h2-7,14H,8-13,15-16H2,1H3. The molecule has 1 saturated heterocycles. The van der Waals surface area contributed by atoms with Crippen molar-refractivity contribution < 1.29 is 23.5 Å². The van der Waals surface area contributed by atoms with E-state index in [1.807, 2.05) is 31.3 Å². The monoisotopic (exact) mass is 462 g/mol. The maximum Gasteiger partial charge on any atom is 0.339 e. The third kappa shape index (κ3) is 4.26. The van der Waals surface area contributed by atoms with Crippen LogP contribution in [0.3, 0.4) is 0 Å². The van der Waals surface area contributed by atoms with Crippen molar-refractivity contribution in [1.82, 2.24) is 19.7 Å². The van der Waals surface area contributed by atoms with E-state index in [-0.39, 0.29) is 24.2 Å². The largest absolute Gasteiger partial charge is 0.459 e. The minimum absolute atomic E-state index is 0.192. The number of aromatic nitrogens is 1. The van der Waals surface area contributed by atoms with Gasteiger partial charge in [0.1, 0.15) is 0 Å². The second-order valence-corrected chi connectivity index (χ2v) is 8.64. The number of pyridine rings is 1. The minimum Gasteiger partial charge on any atom is -0.459 e. The molecule has 9 nitrogen and oxygen atoms in total. The number of carbonyl (C=O) groups excluding carboxylic acids is 3. The molecule has 1 aromatic carbocycles. The number of ether oxygens (including phenoxy) is 1. The van der Waals surface area contributed by atoms with Gasteiger partial charge in [-0.2, -0.15) is 0 Å². The fraction of sp³-hybridized carbons (Fsp3) is 0.360. The number of likely N-dealkylation sites (N-methyl/N-ethyl adjacent to an activating group) is 1. The molecule has 34 heavy (non-hydrogen) atoms. The number of nitrogens with zero attached hydrogens (tertiary/aromatic N) is 4. The first kappa shape index (κ1) is 22.1. The topological polar surface area (TPSA) is 96.2 Å². The summed E-state index contributed by atoms with van der Waals surface area (Å²) in [5.41, 5.74) is 3.03. The second-order valence-electron chi connectivity index (χ2n) is 8.64. The molecule has 2 amide bonds. The van der Waals surface area contributed by atoms with E-state index < -0.39 is 5.97 Å². The van der Waals surface area contributed by atoms with Crippen LogP contribution in [0.15, 0.2) is 47.1 Å². The van der Waals surface area contributed by atoms with Crippen molar-refractivity contribution in [1.29, 1.82) is 0 Å². The van der Waals surface area contributed by atoms with Crippen LogP contribution >= 0.6 is 0 Å². The van der Waals surface area contributed by atoms with Gasteiger partial charge in [-0.15, -0.1) is 0 Å². The normalized spacial score (nSPS) is 16.4. The summed E-state index contributed by atoms with van der Waals surface area (Å²) in [6, 6.07) is 10.8. The number of para-hydroxylation sites is 1. The Morgan fingerprint density at radius 1 is 1.00 bits per heavy atom. The first-order valence-electron chi connectivity index (χ1n) is 11.4. The summed E-state index contributed by atoms with van der Waals surface area (Å²) in [7, 11) is 2.01. The first-order chi connectivity index (χ1) is 16.5. The quantitative estimate of drug-likeness (QED) is 0.547. The van der Waals surface area contributed by atoms with Gasteiger partial charge in [-0.3, -0.25) is 14.6 Å². The van der Waals surface area contributed by atoms with Crippen LogP contribution in [-0.2, 0) is 22.5 Å². The third-order valence-corrected chi connectivity index (χ3v) is 6.42. The molecule has 176 valence electrons. The van der Waals surface area contributed by atoms with E-state index in [2.05, 4.69) is 4.90 Å². The van der Waals surface area contributed by atoms with E-state index in [4.69, 9.17) is 14.1 Å². The van der Waals surface area contributed by atoms with Crippen molar-refractivity contribution in [2.75, 3.05) is 46.4 Å². The molecule has 1 fully saturated rings. The summed E-state index contributed by atoms with van der Waals surface area (Å²) in [5.74, 6) is -0.692. The number of carbonyl (C=O) groups is 3. The summed E-state index contributed by atoms with van der Waals surface area (Å²) in [5, 5.41) is 0.735. The van der Waals surface area contributed by atoms with Gasteiger partial charge in [-0.25, -0.2) is 4.79 Å². The highest BCUT2D eigenvalue weighted by atomic mass is 16.5. The van der Waals surface area contributed by atoms with E-state index in [1.165, 1.54) is 6.26 Å². The maximum absolute atomic E-state index is 13.2. The molecule has 4 heterocycles. The van der Waals surface area contributed by atoms with Crippen molar-refractivity contribution in [2.24, 2.45) is 0 Å². The number of furan rings is 1. The highest BCUT2D eigenvalue weighted by Crippen LogP contribution is 2.28. The lowest BCUT2D eigenvalue weighted by Gasteiger charge is -2.34. The van der Waals surface area contributed by atoms with Crippen LogP contribution in [0.4, 0.5) is 0 Å². The summed E-state index contributed by atoms with van der Waals surface area (Å²) in [4.78, 5) is 48.5. The van der Waals surface area contributed by atoms with Gasteiger partial charge in [-0.1, -0.05) is 18.2 Å². The number of amides is 2. The Morgan fingerprint density at radius 2 is 1.76 bits per heavy atom. The number of esters is 1. The van der Waals surface area contributed by atoms with Gasteiger partial charge in [0, 0.05) is 62.3 Å². The van der Waals surface area contributed by atoms with Crippen molar-refractivity contribution in [2.45, 2.75) is 13.0 Å². The highest BCUT2D eigenvalue weighted by molar-refractivity contribution is 6.05. The third-order valence-electron chi connectivity index (χ3n) is 6.42. The molecule has 2 aliphatic heterocycles. The molecular formula is C25H26N4O5. The Hall–Kier alpha value is -3.72. The van der Waals surface area contributed by atoms with E-state index in [0.717, 1.165) is 35.1 Å². The maximum atomic E-state index is 13.2. The molecule has 9 heteroatoms. The molecule has 0 N–H and O–H groups in total. The summed E-state index contributed by atoms with van der Waals surface area (Å²) in [6.07, 6.45) is 2.22. The first-order valence-corrected chi connectivity index (χ1v) is 11.4. The summed E-state index contributed by atoms with van der Waals surface area (Å²) in [6.45, 7) is 2.69. The molecule has 0 aliphatic carbocycles. The zero-order valence-electron chi connectivity index (χ0n) is 19.0. The smallest absolute Gasteiger partial charge is 0.339 e. The molecule has 2 aliphatic rings. The molecule has 0 radical (unpaired) electrons. The lowest BCUT2D eigenvalue weighted by molar-refractivity contribution is -0.136. The zero-order valence-corrected chi connectivity index (χ0v) is 19.0. The molecule has 0 unspecified atom stereocenters. The molecule has 0 spiro atoms. The number of piperazine rings is 1. The van der Waals surface area contributed by atoms with Crippen LogP contribution in [0.25, 0.3) is 10.9 Å². The highest BCUT2D eigenvalue weighted by Gasteiger charge is 2.28. The van der Waals surface area contributed by atoms with Crippen LogP contribution in [0.5, 0.6) is 0 Å². The molecule has 2 aromatic heterocycles. The van der Waals surface area contributed by atoms with Gasteiger partial charge in [0.25, 0.3) is 11.8 Å². The minimum atomic E-state index is -0.509. The van der Waals surface area contributed by atoms with Crippen LogP contribution in [-0.4, -0.2) is 83.8 Å². The van der Waals surface area contributed by atoms with E-state index in [9.17, 15) is 14.4 Å². The Kier molecular flexibility index (Phi) is 6.02. The fourth-order valence-corrected chi connectivity index (χ4v) is 4.56. The van der Waals surface area contributed by atoms with E-state index in [1.54, 1.807) is 21.9 Å². The van der Waals surface area contributed by atoms with Gasteiger partial charge in [-0.05, 0) is 25.2 Å². The molecule has 5 rings (SSSR count). The predicted octanol–water partition coefficient (Wildman–Crippen LogP) is 1.96. The molecule has 0 bridgehead atoms. The number of hydrogen-bond acceptors (Lipinski definition) is 7. The average molecular weight is 463 g/mol. The van der Waals surface area contributed by atoms with Gasteiger partial charge >= 0.3 is 5.97 Å². The van der Waals surface area contributed by atoms with E-state index in [0.29, 0.717) is 38.3 Å². The second kappa shape index (κ2) is 9.26. The molecule has 0 atom stereocenters. The van der Waals surface area contributed by atoms with Crippen molar-refractivity contribution in [3.8, 4) is 0 Å². The van der Waals surface area contributed by atoms with Crippen molar-refractivity contribution in [3.05, 3.63) is 65.2 Å². The summed E-state index contributed by atoms with van der Waals surface area (Å²) >= 11 is 0. The van der Waals surface area contributed by atoms with Crippen LogP contribution in [0, 0.1) is 0 Å². The van der Waals surface area contributed by atoms with Gasteiger partial charge in [0.2, 0.25) is 0 Å². The average Bonchev–Trinajstić information content (AvgIpc) is 3.40. The van der Waals surface area contributed by atoms with Crippen molar-refractivity contribution >= 4 is 28.7 Å². The fourth-order valence-electron chi connectivity index (χ4n) is 4.56. The lowest BCUT2D eigenvalue weighted by Crippen LogP contribution is -2.51. The Bertz CT molecular complexity index is 1230. The molecular weight excluding hydrogens is 436 g/mol. The van der Waals surface area contributed by atoms with E-state index >= 15 is 0 Å². The Labute approximate surface area is 196 Å². The number of fused-ring (bicyclic) bond motifs is 2. The lowest BCUT2D eigenvalue weighted by atomic mass is 9.96. The SMILES string of the molecule is CN1CCc2nc3ccccc3c(C(=O)OCC(=O)N3CCN(C(=O)c4ccco4)CC3)c2C1. The zero-order chi connectivity index (χ0) is 23.7. The Morgan fingerprint density at radius 3 is 2.53 bits per heavy atom. The van der Waals surface area contributed by atoms with Gasteiger partial charge in [0.05, 0.1) is 17.3 Å². The number of rotatable bonds is 4. The number of benzene rings is 1. The van der Waals surface area contributed by atoms with Gasteiger partial charge in [0.15, 0.2) is 12.4 Å². The van der Waals surface area contributed by atoms with Crippen LogP contribution in [0.2, 0.25) is 0 Å².